The minimum absolute atomic E-state index is 0.0218. The van der Waals surface area contributed by atoms with Crippen LogP contribution in [0.5, 0.6) is 0 Å². The second-order valence-electron chi connectivity index (χ2n) is 14.5. The molecule has 0 aliphatic carbocycles. The largest absolute Gasteiger partial charge is 0.480 e. The average Bonchev–Trinajstić information content (AvgIpc) is 3.24. The third-order valence-electron chi connectivity index (χ3n) is 8.70. The van der Waals surface area contributed by atoms with E-state index in [1.54, 1.807) is 36.5 Å². The van der Waals surface area contributed by atoms with Crippen LogP contribution in [0.4, 0.5) is 0 Å². The molecule has 5 atom stereocenters. The molecule has 62 heavy (non-hydrogen) atoms. The van der Waals surface area contributed by atoms with Gasteiger partial charge >= 0.3 is 25.7 Å². The topological polar surface area (TPSA) is 212 Å². The Hall–Kier alpha value is -3.94. The standard InChI is InChI=1S/C48H76NO12P/c1-3-5-7-9-11-12-13-14-15-16-17-18-19-20-21-22-23-25-31-37-47(53)61-44(40-59-62(56,57)60-41-45(49)48(54)55)39-58-46(52)38-32-36-43(51)35-30-27-26-29-34-42(50)33-28-24-10-8-6-4-2/h11-12,14-15,17-18,20-21,23-30,34-35,42-45,50-51H,3-10,13,16,19,22,31-33,36-41,49H2,1-2H3,(H,54,55)(H,56,57)/b12-11-,15-14-,18-17-,21-20-,25-23-,27-26+,28-24-,34-29+,35-30-/t42-,43-,44-,45+/m1/s1. The van der Waals surface area contributed by atoms with Crippen molar-refractivity contribution in [2.75, 3.05) is 19.8 Å². The fourth-order valence-corrected chi connectivity index (χ4v) is 5.90. The normalized spacial score (nSPS) is 15.7. The SMILES string of the molecule is CCCCC/C=C\C/C=C\C/C=C\C/C=C\C/C=C\CCC(=O)O[C@H](COC(=O)CCC[C@H](O)\C=C/C=C/C=C/[C@H](O)C/C=C\CCCCC)COP(=O)(O)OC[C@H](N)C(=O)O. The molecule has 0 amide bonds. The molecule has 0 aromatic rings. The Morgan fingerprint density at radius 2 is 1.10 bits per heavy atom. The third-order valence-corrected chi connectivity index (χ3v) is 9.65. The Bertz CT molecular complexity index is 1500. The molecule has 0 fully saturated rings. The summed E-state index contributed by atoms with van der Waals surface area (Å²) >= 11 is 0. The van der Waals surface area contributed by atoms with Crippen LogP contribution in [0.15, 0.2) is 109 Å². The summed E-state index contributed by atoms with van der Waals surface area (Å²) < 4.78 is 32.4. The van der Waals surface area contributed by atoms with Crippen LogP contribution in [0.25, 0.3) is 0 Å². The van der Waals surface area contributed by atoms with Gasteiger partial charge in [0.1, 0.15) is 12.6 Å². The predicted octanol–water partition coefficient (Wildman–Crippen LogP) is 9.78. The molecule has 14 heteroatoms. The molecular weight excluding hydrogens is 813 g/mol. The van der Waals surface area contributed by atoms with Crippen molar-refractivity contribution < 1.29 is 57.7 Å². The molecule has 0 saturated heterocycles. The molecule has 6 N–H and O–H groups in total. The zero-order chi connectivity index (χ0) is 45.9. The molecule has 0 aliphatic heterocycles. The lowest BCUT2D eigenvalue weighted by Gasteiger charge is -2.20. The summed E-state index contributed by atoms with van der Waals surface area (Å²) in [5, 5.41) is 29.2. The van der Waals surface area contributed by atoms with E-state index < -0.39 is 69.9 Å². The highest BCUT2D eigenvalue weighted by Gasteiger charge is 2.28. The van der Waals surface area contributed by atoms with Gasteiger partial charge in [-0.05, 0) is 77.0 Å². The number of aliphatic hydroxyl groups excluding tert-OH is 2. The van der Waals surface area contributed by atoms with Gasteiger partial charge in [-0.2, -0.15) is 0 Å². The van der Waals surface area contributed by atoms with Gasteiger partial charge in [0.25, 0.3) is 0 Å². The number of aliphatic carboxylic acids is 1. The molecule has 0 radical (unpaired) electrons. The van der Waals surface area contributed by atoms with Gasteiger partial charge in [-0.25, -0.2) is 4.57 Å². The van der Waals surface area contributed by atoms with Crippen LogP contribution in [0, 0.1) is 0 Å². The molecule has 0 aliphatic rings. The molecule has 0 heterocycles. The molecule has 0 rings (SSSR count). The number of aliphatic hydroxyl groups is 2. The number of phosphoric ester groups is 1. The van der Waals surface area contributed by atoms with Crippen LogP contribution >= 0.6 is 7.82 Å². The first-order valence-corrected chi connectivity index (χ1v) is 23.6. The van der Waals surface area contributed by atoms with Gasteiger partial charge in [-0.3, -0.25) is 23.4 Å². The monoisotopic (exact) mass is 890 g/mol. The van der Waals surface area contributed by atoms with Crippen molar-refractivity contribution in [3.05, 3.63) is 109 Å². The van der Waals surface area contributed by atoms with Gasteiger partial charge < -0.3 is 35.4 Å². The lowest BCUT2D eigenvalue weighted by Crippen LogP contribution is -2.34. The molecule has 0 bridgehead atoms. The van der Waals surface area contributed by atoms with Crippen molar-refractivity contribution >= 4 is 25.7 Å². The number of hydrogen-bond donors (Lipinski definition) is 5. The van der Waals surface area contributed by atoms with E-state index in [2.05, 4.69) is 67.0 Å². The van der Waals surface area contributed by atoms with Crippen molar-refractivity contribution in [2.24, 2.45) is 5.73 Å². The Morgan fingerprint density at radius 3 is 1.65 bits per heavy atom. The number of carbonyl (C=O) groups excluding carboxylic acids is 2. The van der Waals surface area contributed by atoms with E-state index in [4.69, 9.17) is 24.8 Å². The Kier molecular flexibility index (Phi) is 38.5. The number of phosphoric acid groups is 1. The minimum Gasteiger partial charge on any atom is -0.480 e. The fourth-order valence-electron chi connectivity index (χ4n) is 5.12. The van der Waals surface area contributed by atoms with E-state index in [1.807, 2.05) is 24.3 Å². The van der Waals surface area contributed by atoms with Crippen LogP contribution in [0.1, 0.15) is 129 Å². The minimum atomic E-state index is -4.80. The first-order chi connectivity index (χ1) is 29.9. The zero-order valence-corrected chi connectivity index (χ0v) is 38.0. The molecule has 1 unspecified atom stereocenters. The van der Waals surface area contributed by atoms with Gasteiger partial charge in [0, 0.05) is 12.8 Å². The van der Waals surface area contributed by atoms with E-state index in [9.17, 15) is 34.1 Å². The van der Waals surface area contributed by atoms with E-state index >= 15 is 0 Å². The average molecular weight is 890 g/mol. The number of carboxylic acid groups (broad SMARTS) is 1. The summed E-state index contributed by atoms with van der Waals surface area (Å²) in [5.74, 6) is -2.77. The maximum Gasteiger partial charge on any atom is 0.472 e. The summed E-state index contributed by atoms with van der Waals surface area (Å²) in [6, 6.07) is -1.57. The number of esters is 2. The zero-order valence-electron chi connectivity index (χ0n) is 37.1. The van der Waals surface area contributed by atoms with Crippen molar-refractivity contribution in [1.82, 2.24) is 0 Å². The van der Waals surface area contributed by atoms with Gasteiger partial charge in [0.15, 0.2) is 6.10 Å². The number of rotatable bonds is 39. The Balaban J connectivity index is 4.75. The first kappa shape index (κ1) is 58.1. The first-order valence-electron chi connectivity index (χ1n) is 22.1. The quantitative estimate of drug-likeness (QED) is 0.0128. The van der Waals surface area contributed by atoms with Crippen molar-refractivity contribution in [3.8, 4) is 0 Å². The molecule has 13 nitrogen and oxygen atoms in total. The van der Waals surface area contributed by atoms with E-state index in [-0.39, 0.29) is 25.7 Å². The Labute approximate surface area is 371 Å². The highest BCUT2D eigenvalue weighted by Crippen LogP contribution is 2.43. The van der Waals surface area contributed by atoms with E-state index in [1.165, 1.54) is 32.1 Å². The second kappa shape index (κ2) is 41.1. The number of unbranched alkanes of at least 4 members (excludes halogenated alkanes) is 6. The maximum atomic E-state index is 12.6. The number of carbonyl (C=O) groups is 3. The number of hydrogen-bond acceptors (Lipinski definition) is 11. The van der Waals surface area contributed by atoms with E-state index in [0.717, 1.165) is 38.5 Å². The second-order valence-corrected chi connectivity index (χ2v) is 16.0. The summed E-state index contributed by atoms with van der Waals surface area (Å²) in [5.41, 5.74) is 5.31. The molecule has 350 valence electrons. The highest BCUT2D eigenvalue weighted by molar-refractivity contribution is 7.47. The maximum absolute atomic E-state index is 12.6. The number of ether oxygens (including phenoxy) is 2. The van der Waals surface area contributed by atoms with E-state index in [0.29, 0.717) is 19.3 Å². The van der Waals surface area contributed by atoms with Gasteiger partial charge in [-0.1, -0.05) is 149 Å². The van der Waals surface area contributed by atoms with Crippen LogP contribution in [0.2, 0.25) is 0 Å². The lowest BCUT2D eigenvalue weighted by molar-refractivity contribution is -0.161. The van der Waals surface area contributed by atoms with Crippen LogP contribution in [-0.2, 0) is 37.5 Å². The molecule has 0 aromatic heterocycles. The van der Waals surface area contributed by atoms with Crippen molar-refractivity contribution in [3.63, 3.8) is 0 Å². The van der Waals surface area contributed by atoms with Gasteiger partial charge in [0.2, 0.25) is 0 Å². The molecule has 0 saturated carbocycles. The lowest BCUT2D eigenvalue weighted by atomic mass is 10.1. The van der Waals surface area contributed by atoms with Crippen molar-refractivity contribution in [2.45, 2.75) is 154 Å². The summed E-state index contributed by atoms with van der Waals surface area (Å²) in [7, 11) is -4.80. The molecule has 0 aromatic carbocycles. The summed E-state index contributed by atoms with van der Waals surface area (Å²) in [6.07, 6.45) is 46.6. The smallest absolute Gasteiger partial charge is 0.472 e. The van der Waals surface area contributed by atoms with Crippen LogP contribution in [-0.4, -0.2) is 82.3 Å². The number of nitrogens with two attached hydrogens (primary N) is 1. The highest BCUT2D eigenvalue weighted by atomic mass is 31.2. The molecular formula is C48H76NO12P. The Morgan fingerprint density at radius 1 is 0.597 bits per heavy atom. The van der Waals surface area contributed by atoms with Gasteiger partial charge in [0.05, 0.1) is 25.4 Å². The third kappa shape index (κ3) is 40.2. The summed E-state index contributed by atoms with van der Waals surface area (Å²) in [6.45, 7) is 2.36. The van der Waals surface area contributed by atoms with Crippen LogP contribution in [0.3, 0.4) is 0 Å². The predicted molar refractivity (Wildman–Crippen MR) is 247 cm³/mol. The number of allylic oxidation sites excluding steroid dienone is 15. The summed E-state index contributed by atoms with van der Waals surface area (Å²) in [4.78, 5) is 46.0. The molecule has 0 spiro atoms. The van der Waals surface area contributed by atoms with Crippen molar-refractivity contribution in [1.29, 1.82) is 0 Å². The number of carboxylic acids is 1. The van der Waals surface area contributed by atoms with Crippen LogP contribution < -0.4 is 5.73 Å². The fraction of sp³-hybridized carbons (Fsp3) is 0.562. The van der Waals surface area contributed by atoms with Gasteiger partial charge in [-0.15, -0.1) is 0 Å².